The van der Waals surface area contributed by atoms with Gasteiger partial charge in [0.1, 0.15) is 10.9 Å². The van der Waals surface area contributed by atoms with E-state index in [1.165, 1.54) is 0 Å². The van der Waals surface area contributed by atoms with E-state index in [-0.39, 0.29) is 0 Å². The molecule has 17 heavy (non-hydrogen) atoms. The van der Waals surface area contributed by atoms with Crippen LogP contribution in [-0.2, 0) is 10.2 Å². The van der Waals surface area contributed by atoms with E-state index in [1.54, 1.807) is 30.1 Å². The molecule has 1 rings (SSSR count). The lowest BCUT2D eigenvalue weighted by atomic mass is 9.85. The maximum absolute atomic E-state index is 9.22. The number of ether oxygens (including phenoxy) is 1. The van der Waals surface area contributed by atoms with Crippen molar-refractivity contribution in [3.63, 3.8) is 0 Å². The van der Waals surface area contributed by atoms with E-state index >= 15 is 0 Å². The number of nitrogens with zero attached hydrogens (tertiary/aromatic N) is 2. The largest absolute Gasteiger partial charge is 0.383 e. The Hall–Kier alpha value is -1.86. The topological polar surface area (TPSA) is 61.8 Å². The molecule has 4 nitrogen and oxygen atoms in total. The van der Waals surface area contributed by atoms with Gasteiger partial charge in [0.15, 0.2) is 0 Å². The molecule has 0 saturated heterocycles. The molecule has 0 spiro atoms. The summed E-state index contributed by atoms with van der Waals surface area (Å²) in [6.45, 7) is 4.02. The summed E-state index contributed by atoms with van der Waals surface area (Å²) < 4.78 is 6.75. The number of allylic oxidation sites excluding steroid dienone is 1. The highest BCUT2D eigenvalue weighted by Crippen LogP contribution is 2.21. The Labute approximate surface area is 101 Å². The van der Waals surface area contributed by atoms with Crippen molar-refractivity contribution in [1.29, 1.82) is 10.7 Å². The van der Waals surface area contributed by atoms with Crippen molar-refractivity contribution in [2.75, 3.05) is 13.7 Å². The van der Waals surface area contributed by atoms with Gasteiger partial charge >= 0.3 is 0 Å². The lowest BCUT2D eigenvalue weighted by Crippen LogP contribution is -2.28. The third-order valence-electron chi connectivity index (χ3n) is 2.61. The van der Waals surface area contributed by atoms with E-state index < -0.39 is 5.41 Å². The van der Waals surface area contributed by atoms with Gasteiger partial charge in [-0.3, -0.25) is 5.41 Å². The van der Waals surface area contributed by atoms with Gasteiger partial charge in [-0.1, -0.05) is 6.08 Å². The lowest BCUT2D eigenvalue weighted by molar-refractivity contribution is 0.161. The van der Waals surface area contributed by atoms with E-state index in [2.05, 4.69) is 6.07 Å². The van der Waals surface area contributed by atoms with E-state index in [9.17, 15) is 5.26 Å². The second-order valence-corrected chi connectivity index (χ2v) is 4.07. The summed E-state index contributed by atoms with van der Waals surface area (Å²) in [7, 11) is 1.57. The fourth-order valence-corrected chi connectivity index (χ4v) is 1.61. The molecule has 0 aliphatic carbocycles. The van der Waals surface area contributed by atoms with Crippen LogP contribution in [-0.4, -0.2) is 18.3 Å². The minimum atomic E-state index is -0.709. The van der Waals surface area contributed by atoms with E-state index in [4.69, 9.17) is 10.1 Å². The van der Waals surface area contributed by atoms with Gasteiger partial charge < -0.3 is 9.30 Å². The van der Waals surface area contributed by atoms with Crippen LogP contribution in [0.3, 0.4) is 0 Å². The average Bonchev–Trinajstić information content (AvgIpc) is 2.32. The summed E-state index contributed by atoms with van der Waals surface area (Å²) in [6.07, 6.45) is 5.44. The predicted molar refractivity (Wildman–Crippen MR) is 66.1 cm³/mol. The van der Waals surface area contributed by atoms with Crippen LogP contribution in [0.25, 0.3) is 6.20 Å². The van der Waals surface area contributed by atoms with E-state index in [0.717, 1.165) is 5.56 Å². The van der Waals surface area contributed by atoms with Crippen LogP contribution >= 0.6 is 0 Å². The first-order chi connectivity index (χ1) is 8.07. The normalized spacial score (nSPS) is 14.5. The second kappa shape index (κ2) is 5.46. The van der Waals surface area contributed by atoms with Gasteiger partial charge in [-0.05, 0) is 31.5 Å². The van der Waals surface area contributed by atoms with Crippen LogP contribution in [0.15, 0.2) is 24.4 Å². The Bertz CT molecular complexity index is 510. The molecule has 1 unspecified atom stereocenters. The monoisotopic (exact) mass is 231 g/mol. The van der Waals surface area contributed by atoms with Crippen molar-refractivity contribution in [3.8, 4) is 6.07 Å². The smallest absolute Gasteiger partial charge is 0.129 e. The highest BCUT2D eigenvalue weighted by atomic mass is 16.5. The molecule has 0 saturated carbocycles. The van der Waals surface area contributed by atoms with Gasteiger partial charge in [0.25, 0.3) is 0 Å². The average molecular weight is 231 g/mol. The molecule has 0 aromatic carbocycles. The van der Waals surface area contributed by atoms with Gasteiger partial charge in [0.2, 0.25) is 0 Å². The molecule has 90 valence electrons. The van der Waals surface area contributed by atoms with Crippen LogP contribution in [0.4, 0.5) is 0 Å². The molecule has 0 amide bonds. The number of nitrogens with one attached hydrogen (secondary N) is 1. The minimum absolute atomic E-state index is 0.316. The van der Waals surface area contributed by atoms with Crippen molar-refractivity contribution in [3.05, 3.63) is 35.5 Å². The standard InChI is InChI=1S/C13H17N3O/c1-4-6-16-7-5-11(8-12(16)15)13(2,9-14)10-17-3/h4-8,15H,10H2,1-3H3/b6-4-,15-12?. The number of aromatic nitrogens is 1. The highest BCUT2D eigenvalue weighted by molar-refractivity contribution is 5.32. The molecule has 0 aliphatic rings. The van der Waals surface area contributed by atoms with Crippen LogP contribution in [0.2, 0.25) is 0 Å². The Morgan fingerprint density at radius 1 is 1.65 bits per heavy atom. The van der Waals surface area contributed by atoms with Crippen molar-refractivity contribution < 1.29 is 4.74 Å². The van der Waals surface area contributed by atoms with Gasteiger partial charge in [0.05, 0.1) is 12.7 Å². The third-order valence-corrected chi connectivity index (χ3v) is 2.61. The number of methoxy groups -OCH3 is 1. The van der Waals surface area contributed by atoms with Crippen molar-refractivity contribution in [1.82, 2.24) is 4.57 Å². The van der Waals surface area contributed by atoms with Crippen LogP contribution in [0.5, 0.6) is 0 Å². The Kier molecular flexibility index (Phi) is 4.24. The minimum Gasteiger partial charge on any atom is -0.383 e. The van der Waals surface area contributed by atoms with Gasteiger partial charge in [-0.2, -0.15) is 5.26 Å². The van der Waals surface area contributed by atoms with Crippen molar-refractivity contribution in [2.24, 2.45) is 0 Å². The molecular weight excluding hydrogens is 214 g/mol. The zero-order valence-corrected chi connectivity index (χ0v) is 10.4. The lowest BCUT2D eigenvalue weighted by Gasteiger charge is -2.21. The van der Waals surface area contributed by atoms with Crippen molar-refractivity contribution >= 4 is 6.20 Å². The molecule has 1 aromatic rings. The molecule has 4 heteroatoms. The third kappa shape index (κ3) is 2.83. The first-order valence-electron chi connectivity index (χ1n) is 5.37. The zero-order valence-electron chi connectivity index (χ0n) is 10.4. The fourth-order valence-electron chi connectivity index (χ4n) is 1.61. The number of rotatable bonds is 4. The Morgan fingerprint density at radius 3 is 2.82 bits per heavy atom. The number of nitriles is 1. The quantitative estimate of drug-likeness (QED) is 0.860. The highest BCUT2D eigenvalue weighted by Gasteiger charge is 2.26. The Morgan fingerprint density at radius 2 is 2.35 bits per heavy atom. The zero-order chi connectivity index (χ0) is 12.9. The molecule has 1 aromatic heterocycles. The van der Waals surface area contributed by atoms with E-state index in [1.807, 2.05) is 26.0 Å². The predicted octanol–water partition coefficient (Wildman–Crippen LogP) is 1.89. The molecule has 1 atom stereocenters. The SMILES string of the molecule is C/C=C\n1ccc(C(C)(C#N)COC)cc1=N. The van der Waals surface area contributed by atoms with Crippen LogP contribution < -0.4 is 5.49 Å². The molecular formula is C13H17N3O. The first-order valence-corrected chi connectivity index (χ1v) is 5.37. The fraction of sp³-hybridized carbons (Fsp3) is 0.385. The van der Waals surface area contributed by atoms with Gasteiger partial charge in [-0.25, -0.2) is 0 Å². The summed E-state index contributed by atoms with van der Waals surface area (Å²) in [5.41, 5.74) is 0.435. The maximum Gasteiger partial charge on any atom is 0.129 e. The van der Waals surface area contributed by atoms with Gasteiger partial charge in [-0.15, -0.1) is 0 Å². The number of pyridine rings is 1. The summed E-state index contributed by atoms with van der Waals surface area (Å²) in [5, 5.41) is 17.1. The Balaban J connectivity index is 3.22. The second-order valence-electron chi connectivity index (χ2n) is 4.07. The van der Waals surface area contributed by atoms with Gasteiger partial charge in [0, 0.05) is 19.5 Å². The summed E-state index contributed by atoms with van der Waals surface area (Å²) >= 11 is 0. The summed E-state index contributed by atoms with van der Waals surface area (Å²) in [5.74, 6) is 0. The maximum atomic E-state index is 9.22. The molecule has 0 aliphatic heterocycles. The molecule has 0 bridgehead atoms. The summed E-state index contributed by atoms with van der Waals surface area (Å²) in [4.78, 5) is 0. The number of hydrogen-bond acceptors (Lipinski definition) is 3. The summed E-state index contributed by atoms with van der Waals surface area (Å²) in [6, 6.07) is 5.78. The van der Waals surface area contributed by atoms with Crippen LogP contribution in [0.1, 0.15) is 19.4 Å². The number of hydrogen-bond donors (Lipinski definition) is 1. The first kappa shape index (κ1) is 13.2. The van der Waals surface area contributed by atoms with E-state index in [0.29, 0.717) is 12.1 Å². The molecule has 1 heterocycles. The van der Waals surface area contributed by atoms with Crippen LogP contribution in [0, 0.1) is 16.7 Å². The van der Waals surface area contributed by atoms with Crippen molar-refractivity contribution in [2.45, 2.75) is 19.3 Å². The molecule has 0 fully saturated rings. The molecule has 1 N–H and O–H groups in total. The molecule has 0 radical (unpaired) electrons.